The molecule has 102 valence electrons. The lowest BCUT2D eigenvalue weighted by Gasteiger charge is -2.09. The minimum atomic E-state index is -3.57. The van der Waals surface area contributed by atoms with Gasteiger partial charge in [0.2, 0.25) is 10.0 Å². The summed E-state index contributed by atoms with van der Waals surface area (Å²) in [5, 5.41) is 6.61. The fourth-order valence-corrected chi connectivity index (χ4v) is 3.24. The number of aromatic amines is 1. The number of aryl methyl sites for hydroxylation is 1. The first-order valence-electron chi connectivity index (χ1n) is 5.67. The number of aromatic nitrogens is 2. The van der Waals surface area contributed by atoms with Crippen molar-refractivity contribution in [3.05, 3.63) is 47.3 Å². The molecule has 0 atom stereocenters. The van der Waals surface area contributed by atoms with Crippen LogP contribution >= 0.6 is 11.6 Å². The summed E-state index contributed by atoms with van der Waals surface area (Å²) in [5.41, 5.74) is 2.24. The van der Waals surface area contributed by atoms with Crippen molar-refractivity contribution in [1.29, 1.82) is 0 Å². The highest BCUT2D eigenvalue weighted by Gasteiger charge is 2.17. The normalized spacial score (nSPS) is 11.7. The van der Waals surface area contributed by atoms with Crippen molar-refractivity contribution < 1.29 is 8.42 Å². The Balaban J connectivity index is 2.21. The van der Waals surface area contributed by atoms with Crippen molar-refractivity contribution in [1.82, 2.24) is 14.9 Å². The lowest BCUT2D eigenvalue weighted by atomic mass is 10.2. The molecule has 1 aromatic heterocycles. The summed E-state index contributed by atoms with van der Waals surface area (Å²) in [6.07, 6.45) is 1.60. The van der Waals surface area contributed by atoms with Gasteiger partial charge in [0.1, 0.15) is 0 Å². The molecule has 7 heteroatoms. The van der Waals surface area contributed by atoms with Crippen LogP contribution in [0, 0.1) is 6.92 Å². The Bertz CT molecular complexity index is 667. The number of hydrogen-bond acceptors (Lipinski definition) is 3. The molecule has 0 aliphatic rings. The SMILES string of the molecule is Cc1[nH]ncc1CNS(=O)(=O)c1ccccc1CCl. The van der Waals surface area contributed by atoms with Gasteiger partial charge in [-0.05, 0) is 18.6 Å². The van der Waals surface area contributed by atoms with E-state index in [0.717, 1.165) is 11.3 Å². The zero-order valence-electron chi connectivity index (χ0n) is 10.4. The highest BCUT2D eigenvalue weighted by atomic mass is 35.5. The minimum Gasteiger partial charge on any atom is -0.283 e. The lowest BCUT2D eigenvalue weighted by molar-refractivity contribution is 0.580. The van der Waals surface area contributed by atoms with Gasteiger partial charge in [0.25, 0.3) is 0 Å². The van der Waals surface area contributed by atoms with Crippen molar-refractivity contribution >= 4 is 21.6 Å². The third-order valence-electron chi connectivity index (χ3n) is 2.79. The van der Waals surface area contributed by atoms with Gasteiger partial charge in [-0.3, -0.25) is 5.10 Å². The molecule has 0 aliphatic heterocycles. The maximum absolute atomic E-state index is 12.2. The van der Waals surface area contributed by atoms with Crippen LogP contribution in [0.1, 0.15) is 16.8 Å². The molecule has 0 spiro atoms. The van der Waals surface area contributed by atoms with Crippen molar-refractivity contribution in [2.24, 2.45) is 0 Å². The molecule has 0 unspecified atom stereocenters. The van der Waals surface area contributed by atoms with Crippen molar-refractivity contribution in [2.45, 2.75) is 24.2 Å². The summed E-state index contributed by atoms with van der Waals surface area (Å²) >= 11 is 5.76. The molecule has 1 aromatic carbocycles. The summed E-state index contributed by atoms with van der Waals surface area (Å²) < 4.78 is 27.0. The van der Waals surface area contributed by atoms with E-state index in [1.54, 1.807) is 30.5 Å². The van der Waals surface area contributed by atoms with E-state index >= 15 is 0 Å². The number of halogens is 1. The number of hydrogen-bond donors (Lipinski definition) is 2. The second-order valence-corrected chi connectivity index (χ2v) is 6.09. The zero-order chi connectivity index (χ0) is 13.9. The lowest BCUT2D eigenvalue weighted by Crippen LogP contribution is -2.24. The average molecular weight is 300 g/mol. The maximum atomic E-state index is 12.2. The van der Waals surface area contributed by atoms with Gasteiger partial charge in [-0.2, -0.15) is 5.10 Å². The molecule has 19 heavy (non-hydrogen) atoms. The predicted molar refractivity (Wildman–Crippen MR) is 73.3 cm³/mol. The van der Waals surface area contributed by atoms with Crippen LogP contribution < -0.4 is 4.72 Å². The Labute approximate surface area is 117 Å². The Morgan fingerprint density at radius 2 is 2.05 bits per heavy atom. The Hall–Kier alpha value is -1.37. The highest BCUT2D eigenvalue weighted by Crippen LogP contribution is 2.17. The molecule has 0 radical (unpaired) electrons. The van der Waals surface area contributed by atoms with Crippen LogP contribution in [0.3, 0.4) is 0 Å². The molecule has 2 N–H and O–H groups in total. The van der Waals surface area contributed by atoms with Gasteiger partial charge in [-0.25, -0.2) is 13.1 Å². The van der Waals surface area contributed by atoms with E-state index < -0.39 is 10.0 Å². The first kappa shape index (κ1) is 14.0. The first-order chi connectivity index (χ1) is 9.04. The molecular weight excluding hydrogens is 286 g/mol. The topological polar surface area (TPSA) is 74.8 Å². The molecule has 5 nitrogen and oxygen atoms in total. The van der Waals surface area contributed by atoms with Crippen molar-refractivity contribution in [2.75, 3.05) is 0 Å². The smallest absolute Gasteiger partial charge is 0.241 e. The van der Waals surface area contributed by atoms with Gasteiger partial charge in [0, 0.05) is 23.7 Å². The minimum absolute atomic E-state index is 0.155. The maximum Gasteiger partial charge on any atom is 0.241 e. The van der Waals surface area contributed by atoms with Crippen LogP contribution in [-0.4, -0.2) is 18.6 Å². The molecule has 0 aliphatic carbocycles. The van der Waals surface area contributed by atoms with Crippen LogP contribution in [0.5, 0.6) is 0 Å². The third kappa shape index (κ3) is 3.15. The van der Waals surface area contributed by atoms with E-state index in [-0.39, 0.29) is 17.3 Å². The monoisotopic (exact) mass is 299 g/mol. The van der Waals surface area contributed by atoms with Gasteiger partial charge in [-0.15, -0.1) is 11.6 Å². The van der Waals surface area contributed by atoms with E-state index in [9.17, 15) is 8.42 Å². The molecular formula is C12H14ClN3O2S. The van der Waals surface area contributed by atoms with Crippen LogP contribution in [0.25, 0.3) is 0 Å². The van der Waals surface area contributed by atoms with Crippen molar-refractivity contribution in [3.63, 3.8) is 0 Å². The zero-order valence-corrected chi connectivity index (χ0v) is 11.9. The Morgan fingerprint density at radius 3 is 2.68 bits per heavy atom. The van der Waals surface area contributed by atoms with Gasteiger partial charge < -0.3 is 0 Å². The van der Waals surface area contributed by atoms with Crippen LogP contribution in [0.15, 0.2) is 35.4 Å². The molecule has 0 amide bonds. The molecule has 2 rings (SSSR count). The van der Waals surface area contributed by atoms with Crippen molar-refractivity contribution in [3.8, 4) is 0 Å². The van der Waals surface area contributed by atoms with E-state index in [2.05, 4.69) is 14.9 Å². The van der Waals surface area contributed by atoms with E-state index in [4.69, 9.17) is 11.6 Å². The molecule has 0 bridgehead atoms. The molecule has 2 aromatic rings. The second-order valence-electron chi connectivity index (χ2n) is 4.09. The summed E-state index contributed by atoms with van der Waals surface area (Å²) in [6, 6.07) is 6.68. The number of nitrogens with zero attached hydrogens (tertiary/aromatic N) is 1. The number of rotatable bonds is 5. The standard InChI is InChI=1S/C12H14ClN3O2S/c1-9-11(7-14-16-9)8-15-19(17,18)12-5-3-2-4-10(12)6-13/h2-5,7,15H,6,8H2,1H3,(H,14,16). The fourth-order valence-electron chi connectivity index (χ4n) is 1.68. The van der Waals surface area contributed by atoms with E-state index in [0.29, 0.717) is 5.56 Å². The van der Waals surface area contributed by atoms with Gasteiger partial charge in [0.05, 0.1) is 11.1 Å². The van der Waals surface area contributed by atoms with Gasteiger partial charge >= 0.3 is 0 Å². The van der Waals surface area contributed by atoms with E-state index in [1.807, 2.05) is 6.92 Å². The number of benzene rings is 1. The summed E-state index contributed by atoms with van der Waals surface area (Å²) in [4.78, 5) is 0.214. The van der Waals surface area contributed by atoms with E-state index in [1.165, 1.54) is 0 Å². The molecule has 1 heterocycles. The average Bonchev–Trinajstić information content (AvgIpc) is 2.82. The number of nitrogens with one attached hydrogen (secondary N) is 2. The Kier molecular flexibility index (Phi) is 4.24. The number of H-pyrrole nitrogens is 1. The van der Waals surface area contributed by atoms with Gasteiger partial charge in [-0.1, -0.05) is 18.2 Å². The number of alkyl halides is 1. The Morgan fingerprint density at radius 1 is 1.32 bits per heavy atom. The highest BCUT2D eigenvalue weighted by molar-refractivity contribution is 7.89. The molecule has 0 fully saturated rings. The largest absolute Gasteiger partial charge is 0.283 e. The summed E-state index contributed by atoms with van der Waals surface area (Å²) in [6.45, 7) is 2.03. The predicted octanol–water partition coefficient (Wildman–Crippen LogP) is 1.94. The fraction of sp³-hybridized carbons (Fsp3) is 0.250. The second kappa shape index (κ2) is 5.73. The van der Waals surface area contributed by atoms with Crippen LogP contribution in [-0.2, 0) is 22.4 Å². The molecule has 0 saturated heterocycles. The van der Waals surface area contributed by atoms with Gasteiger partial charge in [0.15, 0.2) is 0 Å². The summed E-state index contributed by atoms with van der Waals surface area (Å²) in [7, 11) is -3.57. The quantitative estimate of drug-likeness (QED) is 0.829. The number of sulfonamides is 1. The molecule has 0 saturated carbocycles. The van der Waals surface area contributed by atoms with Crippen LogP contribution in [0.4, 0.5) is 0 Å². The summed E-state index contributed by atoms with van der Waals surface area (Å²) in [5.74, 6) is 0.155. The first-order valence-corrected chi connectivity index (χ1v) is 7.69. The van der Waals surface area contributed by atoms with Crippen LogP contribution in [0.2, 0.25) is 0 Å². The third-order valence-corrected chi connectivity index (χ3v) is 4.58.